The predicted octanol–water partition coefficient (Wildman–Crippen LogP) is 2.90. The van der Waals surface area contributed by atoms with E-state index in [1.54, 1.807) is 23.2 Å². The molecule has 0 aromatic carbocycles. The fraction of sp³-hybridized carbons (Fsp3) is 0.765. The number of likely N-dealkylation sites (tertiary alicyclic amines) is 1. The van der Waals surface area contributed by atoms with Crippen molar-refractivity contribution in [2.45, 2.75) is 52.1 Å². The molecule has 5 nitrogen and oxygen atoms in total. The molecule has 1 aromatic rings. The van der Waals surface area contributed by atoms with E-state index in [0.717, 1.165) is 29.3 Å². The van der Waals surface area contributed by atoms with Crippen LogP contribution in [-0.4, -0.2) is 48.0 Å². The number of hydrogen-bond acceptors (Lipinski definition) is 5. The fourth-order valence-electron chi connectivity index (χ4n) is 3.84. The second-order valence-corrected chi connectivity index (χ2v) is 7.54. The second kappa shape index (κ2) is 9.13. The molecule has 1 aromatic heterocycles. The summed E-state index contributed by atoms with van der Waals surface area (Å²) >= 11 is 1.58. The molecule has 2 aliphatic rings. The summed E-state index contributed by atoms with van der Waals surface area (Å²) in [4.78, 5) is 20.5. The van der Waals surface area contributed by atoms with Gasteiger partial charge in [0.15, 0.2) is 5.13 Å². The van der Waals surface area contributed by atoms with Crippen LogP contribution >= 0.6 is 23.7 Å². The van der Waals surface area contributed by atoms with Crippen LogP contribution in [0.2, 0.25) is 0 Å². The first-order valence-electron chi connectivity index (χ1n) is 8.85. The minimum Gasteiger partial charge on any atom is -0.314 e. The van der Waals surface area contributed by atoms with E-state index in [0.29, 0.717) is 6.54 Å². The van der Waals surface area contributed by atoms with Gasteiger partial charge < -0.3 is 5.32 Å². The van der Waals surface area contributed by atoms with Gasteiger partial charge in [0.1, 0.15) is 0 Å². The fourth-order valence-corrected chi connectivity index (χ4v) is 4.77. The Morgan fingerprint density at radius 3 is 2.75 bits per heavy atom. The summed E-state index contributed by atoms with van der Waals surface area (Å²) in [7, 11) is 0. The second-order valence-electron chi connectivity index (χ2n) is 6.70. The molecule has 1 amide bonds. The third-order valence-corrected chi connectivity index (χ3v) is 6.06. The minimum atomic E-state index is 0. The van der Waals surface area contributed by atoms with E-state index < -0.39 is 0 Å². The monoisotopic (exact) mass is 372 g/mol. The van der Waals surface area contributed by atoms with Crippen molar-refractivity contribution in [1.29, 1.82) is 0 Å². The van der Waals surface area contributed by atoms with Crippen LogP contribution in [0.15, 0.2) is 5.38 Å². The van der Waals surface area contributed by atoms with E-state index in [1.165, 1.54) is 45.3 Å². The number of aromatic nitrogens is 1. The van der Waals surface area contributed by atoms with Crippen molar-refractivity contribution in [2.24, 2.45) is 5.92 Å². The Hall–Kier alpha value is -0.690. The maximum absolute atomic E-state index is 11.6. The molecule has 7 heteroatoms. The Balaban J connectivity index is 0.00000208. The zero-order valence-electron chi connectivity index (χ0n) is 14.7. The zero-order valence-corrected chi connectivity index (χ0v) is 16.3. The first-order valence-corrected chi connectivity index (χ1v) is 9.73. The van der Waals surface area contributed by atoms with E-state index in [-0.39, 0.29) is 18.3 Å². The average Bonchev–Trinajstić information content (AvgIpc) is 3.21. The Morgan fingerprint density at radius 1 is 1.42 bits per heavy atom. The summed E-state index contributed by atoms with van der Waals surface area (Å²) in [5, 5.41) is 6.59. The number of nitrogens with zero attached hydrogens (tertiary/aromatic N) is 3. The summed E-state index contributed by atoms with van der Waals surface area (Å²) in [5.74, 6) is 0.923. The molecule has 2 saturated heterocycles. The van der Waals surface area contributed by atoms with Gasteiger partial charge in [0, 0.05) is 31.4 Å². The van der Waals surface area contributed by atoms with E-state index in [1.807, 2.05) is 6.92 Å². The number of thiazole rings is 1. The Kier molecular flexibility index (Phi) is 7.47. The predicted molar refractivity (Wildman–Crippen MR) is 102 cm³/mol. The third kappa shape index (κ3) is 4.69. The maximum atomic E-state index is 11.6. The van der Waals surface area contributed by atoms with Crippen molar-refractivity contribution >= 4 is 34.8 Å². The highest BCUT2D eigenvalue weighted by atomic mass is 35.5. The molecule has 0 spiro atoms. The highest BCUT2D eigenvalue weighted by Gasteiger charge is 2.28. The lowest BCUT2D eigenvalue weighted by atomic mass is 9.88. The highest BCUT2D eigenvalue weighted by molar-refractivity contribution is 7.14. The number of rotatable bonds is 5. The summed E-state index contributed by atoms with van der Waals surface area (Å²) in [6, 6.07) is 0.761. The molecule has 0 saturated carbocycles. The van der Waals surface area contributed by atoms with Crippen LogP contribution in [-0.2, 0) is 11.3 Å². The largest absolute Gasteiger partial charge is 0.314 e. The van der Waals surface area contributed by atoms with Gasteiger partial charge in [-0.15, -0.1) is 23.7 Å². The molecule has 1 atom stereocenters. The van der Waals surface area contributed by atoms with Gasteiger partial charge in [-0.3, -0.25) is 14.6 Å². The first-order chi connectivity index (χ1) is 11.2. The average molecular weight is 373 g/mol. The van der Waals surface area contributed by atoms with Crippen LogP contribution in [0.1, 0.15) is 45.2 Å². The molecule has 0 bridgehead atoms. The van der Waals surface area contributed by atoms with Gasteiger partial charge in [-0.2, -0.15) is 0 Å². The highest BCUT2D eigenvalue weighted by Crippen LogP contribution is 2.27. The molecule has 0 radical (unpaired) electrons. The number of nitrogens with one attached hydrogen (secondary N) is 1. The van der Waals surface area contributed by atoms with Crippen LogP contribution in [0.4, 0.5) is 5.13 Å². The van der Waals surface area contributed by atoms with Gasteiger partial charge in [-0.25, -0.2) is 4.98 Å². The number of hydrogen-bond donors (Lipinski definition) is 1. The smallest absolute Gasteiger partial charge is 0.225 e. The summed E-state index contributed by atoms with van der Waals surface area (Å²) in [6.07, 6.45) is 5.29. The molecule has 1 unspecified atom stereocenters. The minimum absolute atomic E-state index is 0. The molecular weight excluding hydrogens is 344 g/mol. The van der Waals surface area contributed by atoms with Gasteiger partial charge >= 0.3 is 0 Å². The molecule has 2 fully saturated rings. The third-order valence-electron chi connectivity index (χ3n) is 5.15. The van der Waals surface area contributed by atoms with Crippen LogP contribution in [0, 0.1) is 5.92 Å². The molecule has 3 heterocycles. The SMILES string of the molecule is CCN(C(C)=O)c1nc(CN2CCC(C3CCCN3)CC2)cs1.Cl. The number of halogens is 1. The van der Waals surface area contributed by atoms with Crippen LogP contribution in [0.5, 0.6) is 0 Å². The van der Waals surface area contributed by atoms with Crippen molar-refractivity contribution in [2.75, 3.05) is 31.1 Å². The summed E-state index contributed by atoms with van der Waals surface area (Å²) < 4.78 is 0. The molecule has 2 aliphatic heterocycles. The number of piperidine rings is 1. The lowest BCUT2D eigenvalue weighted by molar-refractivity contribution is -0.116. The van der Waals surface area contributed by atoms with Gasteiger partial charge in [0.25, 0.3) is 0 Å². The molecule has 24 heavy (non-hydrogen) atoms. The molecule has 136 valence electrons. The van der Waals surface area contributed by atoms with Crippen LogP contribution < -0.4 is 10.2 Å². The standard InChI is InChI=1S/C17H28N4OS.ClH/c1-3-21(13(2)22)17-19-15(12-23-17)11-20-9-6-14(7-10-20)16-5-4-8-18-16;/h12,14,16,18H,3-11H2,1-2H3;1H. The Bertz CT molecular complexity index is 524. The van der Waals surface area contributed by atoms with Gasteiger partial charge in [-0.1, -0.05) is 0 Å². The number of amides is 1. The van der Waals surface area contributed by atoms with E-state index >= 15 is 0 Å². The van der Waals surface area contributed by atoms with E-state index in [2.05, 4.69) is 20.6 Å². The number of anilines is 1. The van der Waals surface area contributed by atoms with Gasteiger partial charge in [0.05, 0.1) is 5.69 Å². The van der Waals surface area contributed by atoms with Crippen molar-refractivity contribution < 1.29 is 4.79 Å². The summed E-state index contributed by atoms with van der Waals surface area (Å²) in [6.45, 7) is 8.73. The topological polar surface area (TPSA) is 48.5 Å². The normalized spacial score (nSPS) is 22.3. The number of carbonyl (C=O) groups excluding carboxylic acids is 1. The van der Waals surface area contributed by atoms with Gasteiger partial charge in [0.2, 0.25) is 5.91 Å². The molecule has 0 aliphatic carbocycles. The van der Waals surface area contributed by atoms with Crippen LogP contribution in [0.3, 0.4) is 0 Å². The lowest BCUT2D eigenvalue weighted by Crippen LogP contribution is -2.40. The first kappa shape index (κ1) is 19.6. The maximum Gasteiger partial charge on any atom is 0.225 e. The van der Waals surface area contributed by atoms with E-state index in [4.69, 9.17) is 0 Å². The molecule has 3 rings (SSSR count). The van der Waals surface area contributed by atoms with Gasteiger partial charge in [-0.05, 0) is 58.2 Å². The zero-order chi connectivity index (χ0) is 16.2. The van der Waals surface area contributed by atoms with Crippen molar-refractivity contribution in [1.82, 2.24) is 15.2 Å². The van der Waals surface area contributed by atoms with Crippen LogP contribution in [0.25, 0.3) is 0 Å². The van der Waals surface area contributed by atoms with E-state index in [9.17, 15) is 4.79 Å². The lowest BCUT2D eigenvalue weighted by Gasteiger charge is -2.34. The summed E-state index contributed by atoms with van der Waals surface area (Å²) in [5.41, 5.74) is 1.10. The van der Waals surface area contributed by atoms with Crippen molar-refractivity contribution in [3.05, 3.63) is 11.1 Å². The van der Waals surface area contributed by atoms with Crippen molar-refractivity contribution in [3.63, 3.8) is 0 Å². The quantitative estimate of drug-likeness (QED) is 0.863. The number of carbonyl (C=O) groups is 1. The molecular formula is C17H29ClN4OS. The molecule has 1 N–H and O–H groups in total. The Labute approximate surface area is 155 Å². The Morgan fingerprint density at radius 2 is 2.17 bits per heavy atom. The van der Waals surface area contributed by atoms with Crippen molar-refractivity contribution in [3.8, 4) is 0 Å².